The van der Waals surface area contributed by atoms with Crippen molar-refractivity contribution in [3.05, 3.63) is 22.2 Å². The zero-order chi connectivity index (χ0) is 15.6. The number of ether oxygens (including phenoxy) is 1. The Morgan fingerprint density at radius 1 is 1.48 bits per heavy atom. The van der Waals surface area contributed by atoms with E-state index in [-0.39, 0.29) is 5.92 Å². The van der Waals surface area contributed by atoms with E-state index in [0.717, 1.165) is 22.9 Å². The zero-order valence-electron chi connectivity index (χ0n) is 12.3. The summed E-state index contributed by atoms with van der Waals surface area (Å²) in [6, 6.07) is 3.77. The van der Waals surface area contributed by atoms with Crippen LogP contribution in [0.25, 0.3) is 0 Å². The minimum absolute atomic E-state index is 0.205. The van der Waals surface area contributed by atoms with E-state index in [4.69, 9.17) is 10.5 Å². The molecule has 1 aliphatic rings. The van der Waals surface area contributed by atoms with E-state index in [9.17, 15) is 8.42 Å². The van der Waals surface area contributed by atoms with Gasteiger partial charge in [0.25, 0.3) is 0 Å². The second kappa shape index (κ2) is 6.54. The maximum absolute atomic E-state index is 11.6. The molecule has 1 fully saturated rings. The second-order valence-electron chi connectivity index (χ2n) is 5.58. The summed E-state index contributed by atoms with van der Waals surface area (Å²) in [5.74, 6) is 0.894. The molecule has 1 aromatic carbocycles. The number of nitrogens with zero attached hydrogens (tertiary/aromatic N) is 1. The molecule has 1 aliphatic heterocycles. The number of aryl methyl sites for hydroxylation is 1. The number of anilines is 1. The van der Waals surface area contributed by atoms with E-state index in [0.29, 0.717) is 31.1 Å². The van der Waals surface area contributed by atoms with Crippen LogP contribution in [0.1, 0.15) is 18.4 Å². The lowest BCUT2D eigenvalue weighted by atomic mass is 10.0. The van der Waals surface area contributed by atoms with Gasteiger partial charge in [0.05, 0.1) is 18.6 Å². The molecule has 0 amide bonds. The number of hydrogen-bond acceptors (Lipinski definition) is 4. The Bertz CT molecular complexity index is 596. The van der Waals surface area contributed by atoms with Gasteiger partial charge in [0, 0.05) is 23.5 Å². The summed E-state index contributed by atoms with van der Waals surface area (Å²) in [6.45, 7) is 3.56. The van der Waals surface area contributed by atoms with Crippen molar-refractivity contribution in [2.45, 2.75) is 19.8 Å². The minimum Gasteiger partial charge on any atom is -0.491 e. The van der Waals surface area contributed by atoms with Crippen LogP contribution in [0.3, 0.4) is 0 Å². The first-order valence-electron chi connectivity index (χ1n) is 6.91. The highest BCUT2D eigenvalue weighted by Gasteiger charge is 2.26. The molecule has 118 valence electrons. The quantitative estimate of drug-likeness (QED) is 0.818. The predicted octanol–water partition coefficient (Wildman–Crippen LogP) is 2.39. The number of rotatable bonds is 4. The maximum Gasteiger partial charge on any atom is 0.211 e. The Hall–Kier alpha value is -0.790. The predicted molar refractivity (Wildman–Crippen MR) is 87.9 cm³/mol. The zero-order valence-corrected chi connectivity index (χ0v) is 14.7. The number of halogens is 1. The van der Waals surface area contributed by atoms with Crippen LogP contribution < -0.4 is 10.5 Å². The number of nitrogens with two attached hydrogens (primary N) is 1. The fourth-order valence-electron chi connectivity index (χ4n) is 2.62. The first-order chi connectivity index (χ1) is 9.77. The fraction of sp³-hybridized carbons (Fsp3) is 0.571. The summed E-state index contributed by atoms with van der Waals surface area (Å²) in [7, 11) is -3.12. The molecular formula is C14H21BrN2O3S. The van der Waals surface area contributed by atoms with Crippen LogP contribution in [0.15, 0.2) is 16.6 Å². The molecule has 0 aliphatic carbocycles. The molecular weight excluding hydrogens is 356 g/mol. The van der Waals surface area contributed by atoms with Crippen LogP contribution >= 0.6 is 15.9 Å². The number of sulfonamides is 1. The summed E-state index contributed by atoms with van der Waals surface area (Å²) in [5, 5.41) is 0. The SMILES string of the molecule is Cc1cc(Br)cc(N)c1OCC1CCCN(S(C)(=O)=O)C1. The van der Waals surface area contributed by atoms with Gasteiger partial charge in [0.2, 0.25) is 10.0 Å². The summed E-state index contributed by atoms with van der Waals surface area (Å²) in [5.41, 5.74) is 7.54. The molecule has 0 radical (unpaired) electrons. The molecule has 5 nitrogen and oxygen atoms in total. The van der Waals surface area contributed by atoms with Gasteiger partial charge in [-0.1, -0.05) is 15.9 Å². The van der Waals surface area contributed by atoms with Crippen LogP contribution in [0.4, 0.5) is 5.69 Å². The average Bonchev–Trinajstić information content (AvgIpc) is 2.36. The molecule has 0 aromatic heterocycles. The van der Waals surface area contributed by atoms with Crippen molar-refractivity contribution in [2.75, 3.05) is 31.7 Å². The van der Waals surface area contributed by atoms with E-state index < -0.39 is 10.0 Å². The molecule has 2 rings (SSSR count). The Balaban J connectivity index is 2.00. The number of nitrogen functional groups attached to an aromatic ring is 1. The highest BCUT2D eigenvalue weighted by Crippen LogP contribution is 2.31. The van der Waals surface area contributed by atoms with Crippen molar-refractivity contribution in [3.63, 3.8) is 0 Å². The molecule has 1 saturated heterocycles. The largest absolute Gasteiger partial charge is 0.491 e. The maximum atomic E-state index is 11.6. The molecule has 0 spiro atoms. The van der Waals surface area contributed by atoms with Crippen molar-refractivity contribution >= 4 is 31.6 Å². The van der Waals surface area contributed by atoms with Gasteiger partial charge in [-0.05, 0) is 37.5 Å². The molecule has 1 aromatic rings. The third-order valence-corrected chi connectivity index (χ3v) is 5.41. The third-order valence-electron chi connectivity index (χ3n) is 3.68. The van der Waals surface area contributed by atoms with Crippen LogP contribution in [0, 0.1) is 12.8 Å². The summed E-state index contributed by atoms with van der Waals surface area (Å²) in [4.78, 5) is 0. The summed E-state index contributed by atoms with van der Waals surface area (Å²) < 4.78 is 31.5. The molecule has 2 N–H and O–H groups in total. The number of hydrogen-bond donors (Lipinski definition) is 1. The van der Waals surface area contributed by atoms with Gasteiger partial charge in [-0.15, -0.1) is 0 Å². The molecule has 1 unspecified atom stereocenters. The standard InChI is InChI=1S/C14H21BrN2O3S/c1-10-6-12(15)7-13(16)14(10)20-9-11-4-3-5-17(8-11)21(2,18)19/h6-7,11H,3-5,8-9,16H2,1-2H3. The van der Waals surface area contributed by atoms with E-state index in [1.165, 1.54) is 10.6 Å². The van der Waals surface area contributed by atoms with Crippen molar-refractivity contribution < 1.29 is 13.2 Å². The van der Waals surface area contributed by atoms with Gasteiger partial charge in [-0.25, -0.2) is 12.7 Å². The number of benzene rings is 1. The molecule has 0 bridgehead atoms. The third kappa shape index (κ3) is 4.34. The Kier molecular flexibility index (Phi) is 5.16. The summed E-state index contributed by atoms with van der Waals surface area (Å²) >= 11 is 3.40. The van der Waals surface area contributed by atoms with Crippen molar-refractivity contribution in [2.24, 2.45) is 5.92 Å². The van der Waals surface area contributed by atoms with Crippen LogP contribution in [-0.4, -0.2) is 38.7 Å². The first kappa shape index (κ1) is 16.6. The molecule has 7 heteroatoms. The highest BCUT2D eigenvalue weighted by molar-refractivity contribution is 9.10. The average molecular weight is 377 g/mol. The second-order valence-corrected chi connectivity index (χ2v) is 8.48. The highest BCUT2D eigenvalue weighted by atomic mass is 79.9. The van der Waals surface area contributed by atoms with E-state index >= 15 is 0 Å². The lowest BCUT2D eigenvalue weighted by Gasteiger charge is -2.31. The van der Waals surface area contributed by atoms with Crippen LogP contribution in [0.5, 0.6) is 5.75 Å². The van der Waals surface area contributed by atoms with E-state index in [2.05, 4.69) is 15.9 Å². The summed E-state index contributed by atoms with van der Waals surface area (Å²) in [6.07, 6.45) is 3.10. The normalized spacial score (nSPS) is 20.4. The molecule has 1 atom stereocenters. The number of piperidine rings is 1. The molecule has 1 heterocycles. The Labute approximate surface area is 134 Å². The molecule has 21 heavy (non-hydrogen) atoms. The van der Waals surface area contributed by atoms with Crippen molar-refractivity contribution in [3.8, 4) is 5.75 Å². The minimum atomic E-state index is -3.12. The van der Waals surface area contributed by atoms with Gasteiger partial charge in [-0.2, -0.15) is 0 Å². The van der Waals surface area contributed by atoms with Gasteiger partial charge in [-0.3, -0.25) is 0 Å². The van der Waals surface area contributed by atoms with Crippen molar-refractivity contribution in [1.29, 1.82) is 0 Å². The lowest BCUT2D eigenvalue weighted by molar-refractivity contribution is 0.180. The van der Waals surface area contributed by atoms with Crippen molar-refractivity contribution in [1.82, 2.24) is 4.31 Å². The monoisotopic (exact) mass is 376 g/mol. The Morgan fingerprint density at radius 2 is 2.19 bits per heavy atom. The van der Waals surface area contributed by atoms with E-state index in [1.807, 2.05) is 19.1 Å². The van der Waals surface area contributed by atoms with Crippen LogP contribution in [0.2, 0.25) is 0 Å². The van der Waals surface area contributed by atoms with Gasteiger partial charge in [0.15, 0.2) is 0 Å². The van der Waals surface area contributed by atoms with Gasteiger partial charge < -0.3 is 10.5 Å². The topological polar surface area (TPSA) is 72.6 Å². The van der Waals surface area contributed by atoms with Crippen LogP contribution in [-0.2, 0) is 10.0 Å². The Morgan fingerprint density at radius 3 is 2.81 bits per heavy atom. The first-order valence-corrected chi connectivity index (χ1v) is 9.55. The lowest BCUT2D eigenvalue weighted by Crippen LogP contribution is -2.41. The smallest absolute Gasteiger partial charge is 0.211 e. The van der Waals surface area contributed by atoms with Gasteiger partial charge in [0.1, 0.15) is 5.75 Å². The van der Waals surface area contributed by atoms with E-state index in [1.54, 1.807) is 0 Å². The van der Waals surface area contributed by atoms with Gasteiger partial charge >= 0.3 is 0 Å². The molecule has 0 saturated carbocycles. The fourth-order valence-corrected chi connectivity index (χ4v) is 4.15.